The second-order valence-electron chi connectivity index (χ2n) is 5.62. The second-order valence-corrected chi connectivity index (χ2v) is 7.40. The number of pyridine rings is 1. The van der Waals surface area contributed by atoms with E-state index in [9.17, 15) is 22.0 Å². The molecule has 0 aromatic carbocycles. The van der Waals surface area contributed by atoms with Crippen LogP contribution in [0.25, 0.3) is 0 Å². The minimum Gasteiger partial charge on any atom is -0.326 e. The molecule has 0 radical (unpaired) electrons. The quantitative estimate of drug-likeness (QED) is 0.778. The first-order chi connectivity index (χ1) is 11.3. The first-order valence-electron chi connectivity index (χ1n) is 7.06. The summed E-state index contributed by atoms with van der Waals surface area (Å²) >= 11 is 0. The van der Waals surface area contributed by atoms with Crippen LogP contribution in [0.2, 0.25) is 0 Å². The number of aldehydes is 1. The van der Waals surface area contributed by atoms with Gasteiger partial charge in [0.2, 0.25) is 10.0 Å². The molecule has 7 nitrogen and oxygen atoms in total. The molecule has 3 rings (SSSR count). The molecule has 1 saturated heterocycles. The molecule has 0 bridgehead atoms. The molecule has 1 fully saturated rings. The molecule has 1 N–H and O–H groups in total. The molecular weight excluding hydrogens is 342 g/mol. The first-order valence-corrected chi connectivity index (χ1v) is 8.95. The summed E-state index contributed by atoms with van der Waals surface area (Å²) in [5, 5.41) is 0. The Morgan fingerprint density at radius 2 is 2.17 bits per heavy atom. The van der Waals surface area contributed by atoms with Crippen LogP contribution in [0, 0.1) is 11.6 Å². The summed E-state index contributed by atoms with van der Waals surface area (Å²) in [5.74, 6) is -1.52. The Kier molecular flexibility index (Phi) is 4.18. The molecule has 1 aromatic rings. The number of carbonyl (C=O) groups excluding carboxylic acids is 1. The van der Waals surface area contributed by atoms with Gasteiger partial charge in [0.1, 0.15) is 17.8 Å². The van der Waals surface area contributed by atoms with Gasteiger partial charge >= 0.3 is 0 Å². The fourth-order valence-corrected chi connectivity index (χ4v) is 3.63. The van der Waals surface area contributed by atoms with Crippen LogP contribution in [0.3, 0.4) is 0 Å². The van der Waals surface area contributed by atoms with Gasteiger partial charge in [-0.1, -0.05) is 0 Å². The molecule has 0 saturated carbocycles. The molecule has 3 heterocycles. The lowest BCUT2D eigenvalue weighted by atomic mass is 10.1. The topological polar surface area (TPSA) is 91.7 Å². The third-order valence-electron chi connectivity index (χ3n) is 3.74. The minimum absolute atomic E-state index is 0.0365. The van der Waals surface area contributed by atoms with Crippen molar-refractivity contribution in [3.8, 4) is 0 Å². The number of nitrogens with zero attached hydrogens (tertiary/aromatic N) is 3. The van der Waals surface area contributed by atoms with Gasteiger partial charge in [-0.3, -0.25) is 9.79 Å². The monoisotopic (exact) mass is 356 g/mol. The zero-order valence-corrected chi connectivity index (χ0v) is 13.5. The maximum Gasteiger partial charge on any atom is 0.209 e. The van der Waals surface area contributed by atoms with E-state index in [0.717, 1.165) is 12.5 Å². The highest BCUT2D eigenvalue weighted by Gasteiger charge is 2.36. The number of sulfonamides is 1. The number of carbonyl (C=O) groups is 1. The molecule has 10 heteroatoms. The molecule has 1 atom stereocenters. The summed E-state index contributed by atoms with van der Waals surface area (Å²) < 4.78 is 52.4. The zero-order chi connectivity index (χ0) is 17.5. The normalized spacial score (nSPS) is 20.9. The number of aromatic nitrogens is 1. The van der Waals surface area contributed by atoms with E-state index in [1.165, 1.54) is 0 Å². The van der Waals surface area contributed by atoms with Crippen LogP contribution in [0.4, 0.5) is 8.78 Å². The van der Waals surface area contributed by atoms with Crippen molar-refractivity contribution < 1.29 is 22.0 Å². The van der Waals surface area contributed by atoms with Crippen molar-refractivity contribution in [2.75, 3.05) is 19.3 Å². The summed E-state index contributed by atoms with van der Waals surface area (Å²) in [6.07, 6.45) is 2.85. The predicted molar refractivity (Wildman–Crippen MR) is 81.7 cm³/mol. The lowest BCUT2D eigenvalue weighted by Crippen LogP contribution is -2.39. The van der Waals surface area contributed by atoms with E-state index in [-0.39, 0.29) is 31.0 Å². The maximum absolute atomic E-state index is 14.0. The van der Waals surface area contributed by atoms with Crippen LogP contribution in [-0.2, 0) is 14.8 Å². The highest BCUT2D eigenvalue weighted by atomic mass is 32.2. The molecule has 2 aliphatic rings. The predicted octanol–water partition coefficient (Wildman–Crippen LogP) is 0.196. The number of aliphatic imine (C=N–C) groups is 1. The van der Waals surface area contributed by atoms with E-state index in [0.29, 0.717) is 23.6 Å². The van der Waals surface area contributed by atoms with Crippen molar-refractivity contribution in [1.82, 2.24) is 14.6 Å². The summed E-state index contributed by atoms with van der Waals surface area (Å²) in [4.78, 5) is 20.7. The zero-order valence-electron chi connectivity index (χ0n) is 12.7. The van der Waals surface area contributed by atoms with Crippen LogP contribution in [-0.4, -0.2) is 55.8 Å². The number of nitrogens with one attached hydrogen (secondary N) is 1. The maximum atomic E-state index is 14.0. The van der Waals surface area contributed by atoms with E-state index < -0.39 is 27.7 Å². The minimum atomic E-state index is -3.44. The molecule has 24 heavy (non-hydrogen) atoms. The fraction of sp³-hybridized carbons (Fsp3) is 0.357. The van der Waals surface area contributed by atoms with E-state index in [1.54, 1.807) is 4.90 Å². The van der Waals surface area contributed by atoms with Gasteiger partial charge in [-0.2, -0.15) is 0 Å². The molecule has 128 valence electrons. The van der Waals surface area contributed by atoms with E-state index in [2.05, 4.69) is 14.7 Å². The molecule has 1 aromatic heterocycles. The van der Waals surface area contributed by atoms with Crippen LogP contribution in [0.15, 0.2) is 28.5 Å². The third kappa shape index (κ3) is 3.20. The van der Waals surface area contributed by atoms with Crippen molar-refractivity contribution in [3.05, 3.63) is 40.9 Å². The van der Waals surface area contributed by atoms with Crippen LogP contribution < -0.4 is 4.72 Å². The number of hydrogen-bond donors (Lipinski definition) is 1. The van der Waals surface area contributed by atoms with E-state index in [1.807, 2.05) is 0 Å². The Morgan fingerprint density at radius 3 is 2.79 bits per heavy atom. The Labute approximate surface area is 137 Å². The van der Waals surface area contributed by atoms with Gasteiger partial charge in [-0.15, -0.1) is 0 Å². The molecule has 0 unspecified atom stereocenters. The smallest absolute Gasteiger partial charge is 0.209 e. The molecular formula is C14H14F2N4O3S. The third-order valence-corrected chi connectivity index (χ3v) is 4.50. The van der Waals surface area contributed by atoms with Gasteiger partial charge in [0.05, 0.1) is 19.0 Å². The highest BCUT2D eigenvalue weighted by molar-refractivity contribution is 7.88. The highest BCUT2D eigenvalue weighted by Crippen LogP contribution is 2.30. The van der Waals surface area contributed by atoms with Crippen molar-refractivity contribution in [2.45, 2.75) is 12.5 Å². The van der Waals surface area contributed by atoms with Gasteiger partial charge in [0.15, 0.2) is 11.7 Å². The second kappa shape index (κ2) is 6.02. The number of halogens is 2. The molecule has 2 aliphatic heterocycles. The van der Waals surface area contributed by atoms with Gasteiger partial charge in [0, 0.05) is 36.3 Å². The average molecular weight is 356 g/mol. The van der Waals surface area contributed by atoms with Crippen LogP contribution in [0.1, 0.15) is 12.1 Å². The number of fused-ring (bicyclic) bond motifs is 1. The van der Waals surface area contributed by atoms with Gasteiger partial charge in [0.25, 0.3) is 0 Å². The lowest BCUT2D eigenvalue weighted by molar-refractivity contribution is -0.105. The van der Waals surface area contributed by atoms with Gasteiger partial charge in [-0.05, 0) is 0 Å². The van der Waals surface area contributed by atoms with Crippen molar-refractivity contribution in [3.63, 3.8) is 0 Å². The van der Waals surface area contributed by atoms with Gasteiger partial charge < -0.3 is 4.90 Å². The number of amidine groups is 1. The summed E-state index contributed by atoms with van der Waals surface area (Å²) in [5.41, 5.74) is 0.833. The van der Waals surface area contributed by atoms with E-state index in [4.69, 9.17) is 0 Å². The Balaban J connectivity index is 1.97. The van der Waals surface area contributed by atoms with E-state index >= 15 is 0 Å². The number of rotatable bonds is 4. The lowest BCUT2D eigenvalue weighted by Gasteiger charge is -2.26. The standard InChI is InChI=1S/C14H14F2N4O3S/c1-24(22,23)19-10-3-12-8(7-21)4-18-14(20(12)6-10)13-11(16)2-9(15)5-17-13/h2,5,7,10,19H,3-4,6H2,1H3/t10-/m0/s1. The number of hydrogen-bond acceptors (Lipinski definition) is 6. The average Bonchev–Trinajstić information content (AvgIpc) is 2.88. The fourth-order valence-electron chi connectivity index (χ4n) is 2.86. The van der Waals surface area contributed by atoms with Gasteiger partial charge in [-0.25, -0.2) is 26.9 Å². The summed E-state index contributed by atoms with van der Waals surface area (Å²) in [6.45, 7) is 0.214. The largest absolute Gasteiger partial charge is 0.326 e. The summed E-state index contributed by atoms with van der Waals surface area (Å²) in [7, 11) is -3.44. The molecule has 0 amide bonds. The van der Waals surface area contributed by atoms with Crippen molar-refractivity contribution in [1.29, 1.82) is 0 Å². The summed E-state index contributed by atoms with van der Waals surface area (Å²) in [6, 6.07) is 0.225. The van der Waals surface area contributed by atoms with Crippen LogP contribution in [0.5, 0.6) is 0 Å². The molecule has 0 spiro atoms. The van der Waals surface area contributed by atoms with Crippen LogP contribution >= 0.6 is 0 Å². The Bertz CT molecular complexity index is 867. The molecule has 0 aliphatic carbocycles. The Morgan fingerprint density at radius 1 is 1.42 bits per heavy atom. The van der Waals surface area contributed by atoms with Crippen molar-refractivity contribution in [2.24, 2.45) is 4.99 Å². The Hall–Kier alpha value is -2.20. The first kappa shape index (κ1) is 16.7. The van der Waals surface area contributed by atoms with Crippen molar-refractivity contribution >= 4 is 22.1 Å². The SMILES string of the molecule is CS(=O)(=O)N[C@H]1CC2=C(C=O)CN=C(c3ncc(F)cc3F)N2C1.